The van der Waals surface area contributed by atoms with Crippen LogP contribution in [0.2, 0.25) is 0 Å². The summed E-state index contributed by atoms with van der Waals surface area (Å²) in [5, 5.41) is 0. The van der Waals surface area contributed by atoms with E-state index < -0.39 is 0 Å². The van der Waals surface area contributed by atoms with Crippen LogP contribution in [-0.2, 0) is 6.42 Å². The van der Waals surface area contributed by atoms with Crippen molar-refractivity contribution < 1.29 is 4.79 Å². The summed E-state index contributed by atoms with van der Waals surface area (Å²) in [5.41, 5.74) is 7.32. The molecule has 1 aromatic heterocycles. The van der Waals surface area contributed by atoms with Gasteiger partial charge >= 0.3 is 0 Å². The molecule has 0 N–H and O–H groups in total. The molecule has 0 aliphatic heterocycles. The molecule has 0 radical (unpaired) electrons. The average molecular weight is 318 g/mol. The number of rotatable bonds is 4. The third-order valence-corrected chi connectivity index (χ3v) is 4.33. The number of nitrogens with zero attached hydrogens (tertiary/aromatic N) is 2. The van der Waals surface area contributed by atoms with Crippen LogP contribution in [0.15, 0.2) is 48.9 Å². The van der Waals surface area contributed by atoms with Gasteiger partial charge in [-0.05, 0) is 68.1 Å². The van der Waals surface area contributed by atoms with Gasteiger partial charge in [0.1, 0.15) is 0 Å². The fourth-order valence-corrected chi connectivity index (χ4v) is 2.86. The Balaban J connectivity index is 1.88. The lowest BCUT2D eigenvalue weighted by Crippen LogP contribution is -2.05. The van der Waals surface area contributed by atoms with Crippen molar-refractivity contribution in [3.05, 3.63) is 82.4 Å². The maximum absolute atomic E-state index is 12.6. The van der Waals surface area contributed by atoms with Gasteiger partial charge in [-0.2, -0.15) is 0 Å². The summed E-state index contributed by atoms with van der Waals surface area (Å²) in [6, 6.07) is 12.1. The Hall–Kier alpha value is -2.68. The predicted octanol–water partition coefficient (Wildman–Crippen LogP) is 4.53. The van der Waals surface area contributed by atoms with E-state index in [1.807, 2.05) is 42.8 Å². The normalized spacial score (nSPS) is 10.8. The van der Waals surface area contributed by atoms with E-state index >= 15 is 0 Å². The van der Waals surface area contributed by atoms with Crippen LogP contribution in [-0.4, -0.2) is 15.3 Å². The van der Waals surface area contributed by atoms with Gasteiger partial charge in [-0.3, -0.25) is 4.79 Å². The summed E-state index contributed by atoms with van der Waals surface area (Å²) >= 11 is 0. The van der Waals surface area contributed by atoms with Gasteiger partial charge in [-0.1, -0.05) is 18.2 Å². The number of Topliss-reactive ketones (excluding diaryl/α,β-unsaturated/α-hetero) is 1. The van der Waals surface area contributed by atoms with E-state index in [-0.39, 0.29) is 5.78 Å². The van der Waals surface area contributed by atoms with Crippen molar-refractivity contribution >= 4 is 5.78 Å². The van der Waals surface area contributed by atoms with E-state index in [0.717, 1.165) is 33.6 Å². The molecule has 3 aromatic rings. The maximum Gasteiger partial charge on any atom is 0.167 e. The molecule has 0 fully saturated rings. The molecule has 0 spiro atoms. The van der Waals surface area contributed by atoms with Crippen molar-refractivity contribution in [2.45, 2.75) is 34.1 Å². The number of carbonyl (C=O) groups is 1. The van der Waals surface area contributed by atoms with Gasteiger partial charge in [-0.25, -0.2) is 4.98 Å². The molecule has 0 atom stereocenters. The van der Waals surface area contributed by atoms with Crippen molar-refractivity contribution in [3.63, 3.8) is 0 Å². The van der Waals surface area contributed by atoms with E-state index in [1.54, 1.807) is 6.33 Å². The zero-order valence-corrected chi connectivity index (χ0v) is 14.6. The molecule has 122 valence electrons. The number of hydrogen-bond acceptors (Lipinski definition) is 2. The van der Waals surface area contributed by atoms with Gasteiger partial charge < -0.3 is 4.57 Å². The minimum Gasteiger partial charge on any atom is -0.306 e. The lowest BCUT2D eigenvalue weighted by atomic mass is 9.98. The minimum atomic E-state index is 0.150. The molecule has 0 aliphatic rings. The first-order valence-corrected chi connectivity index (χ1v) is 8.14. The van der Waals surface area contributed by atoms with E-state index in [4.69, 9.17) is 0 Å². The van der Waals surface area contributed by atoms with Crippen LogP contribution in [0, 0.1) is 27.7 Å². The van der Waals surface area contributed by atoms with E-state index in [0.29, 0.717) is 6.42 Å². The molecule has 0 aliphatic carbocycles. The molecule has 3 nitrogen and oxygen atoms in total. The van der Waals surface area contributed by atoms with Crippen LogP contribution < -0.4 is 0 Å². The second-order valence-corrected chi connectivity index (χ2v) is 6.50. The van der Waals surface area contributed by atoms with Crippen LogP contribution in [0.3, 0.4) is 0 Å². The highest BCUT2D eigenvalue weighted by molar-refractivity contribution is 5.97. The monoisotopic (exact) mass is 318 g/mol. The van der Waals surface area contributed by atoms with Crippen LogP contribution in [0.5, 0.6) is 0 Å². The molecule has 3 heteroatoms. The third-order valence-electron chi connectivity index (χ3n) is 4.33. The first-order chi connectivity index (χ1) is 11.4. The fourth-order valence-electron chi connectivity index (χ4n) is 2.86. The Morgan fingerprint density at radius 1 is 1.00 bits per heavy atom. The van der Waals surface area contributed by atoms with Crippen molar-refractivity contribution in [2.24, 2.45) is 0 Å². The van der Waals surface area contributed by atoms with Crippen molar-refractivity contribution in [1.29, 1.82) is 0 Å². The Labute approximate surface area is 143 Å². The number of carbonyl (C=O) groups excluding carboxylic acids is 1. The number of aromatic nitrogens is 2. The van der Waals surface area contributed by atoms with Gasteiger partial charge in [0.2, 0.25) is 0 Å². The third kappa shape index (κ3) is 3.46. The molecule has 0 bridgehead atoms. The van der Waals surface area contributed by atoms with Gasteiger partial charge in [0.15, 0.2) is 5.78 Å². The van der Waals surface area contributed by atoms with Crippen LogP contribution in [0.1, 0.15) is 38.3 Å². The molecule has 3 rings (SSSR count). The average Bonchev–Trinajstić information content (AvgIpc) is 2.96. The largest absolute Gasteiger partial charge is 0.306 e. The van der Waals surface area contributed by atoms with Gasteiger partial charge in [0, 0.05) is 23.9 Å². The molecule has 0 amide bonds. The fraction of sp³-hybridized carbons (Fsp3) is 0.238. The van der Waals surface area contributed by atoms with Crippen molar-refractivity contribution in [2.75, 3.05) is 0 Å². The molecule has 0 saturated heterocycles. The molecule has 1 heterocycles. The number of ketones is 1. The second-order valence-electron chi connectivity index (χ2n) is 6.50. The number of hydrogen-bond donors (Lipinski definition) is 0. The molecular weight excluding hydrogens is 296 g/mol. The van der Waals surface area contributed by atoms with E-state index in [2.05, 4.69) is 37.0 Å². The van der Waals surface area contributed by atoms with Gasteiger partial charge in [0.05, 0.1) is 12.0 Å². The minimum absolute atomic E-state index is 0.150. The van der Waals surface area contributed by atoms with Crippen molar-refractivity contribution in [1.82, 2.24) is 9.55 Å². The van der Waals surface area contributed by atoms with Crippen LogP contribution >= 0.6 is 0 Å². The maximum atomic E-state index is 12.6. The lowest BCUT2D eigenvalue weighted by Gasteiger charge is -2.09. The topological polar surface area (TPSA) is 34.9 Å². The summed E-state index contributed by atoms with van der Waals surface area (Å²) in [6.45, 7) is 8.12. The smallest absolute Gasteiger partial charge is 0.167 e. The van der Waals surface area contributed by atoms with Gasteiger partial charge in [-0.15, -0.1) is 0 Å². The summed E-state index contributed by atoms with van der Waals surface area (Å²) in [4.78, 5) is 16.9. The Kier molecular flexibility index (Phi) is 4.34. The number of aryl methyl sites for hydroxylation is 4. The van der Waals surface area contributed by atoms with Crippen LogP contribution in [0.25, 0.3) is 5.69 Å². The lowest BCUT2D eigenvalue weighted by molar-refractivity contribution is 0.0993. The van der Waals surface area contributed by atoms with Gasteiger partial charge in [0.25, 0.3) is 0 Å². The summed E-state index contributed by atoms with van der Waals surface area (Å²) in [5.74, 6) is 0.150. The molecule has 2 aromatic carbocycles. The standard InChI is InChI=1S/C21H22N2O/c1-14-7-18(10-20(8-14)23-12-17(4)22-13-23)11-21(24)19-6-5-15(2)16(3)9-19/h5-10,12-13H,11H2,1-4H3. The zero-order chi connectivity index (χ0) is 17.3. The Morgan fingerprint density at radius 3 is 2.46 bits per heavy atom. The summed E-state index contributed by atoms with van der Waals surface area (Å²) in [6.07, 6.45) is 4.20. The highest BCUT2D eigenvalue weighted by Crippen LogP contribution is 2.18. The highest BCUT2D eigenvalue weighted by Gasteiger charge is 2.10. The Bertz CT molecular complexity index is 906. The molecular formula is C21H22N2O. The molecule has 0 unspecified atom stereocenters. The summed E-state index contributed by atoms with van der Waals surface area (Å²) < 4.78 is 1.99. The molecule has 0 saturated carbocycles. The number of imidazole rings is 1. The quantitative estimate of drug-likeness (QED) is 0.662. The first-order valence-electron chi connectivity index (χ1n) is 8.14. The Morgan fingerprint density at radius 2 is 1.79 bits per heavy atom. The van der Waals surface area contributed by atoms with Crippen molar-refractivity contribution in [3.8, 4) is 5.69 Å². The van der Waals surface area contributed by atoms with Crippen LogP contribution in [0.4, 0.5) is 0 Å². The van der Waals surface area contributed by atoms with E-state index in [1.165, 1.54) is 5.56 Å². The zero-order valence-electron chi connectivity index (χ0n) is 14.6. The first kappa shape index (κ1) is 16.2. The number of benzene rings is 2. The molecule has 24 heavy (non-hydrogen) atoms. The highest BCUT2D eigenvalue weighted by atomic mass is 16.1. The predicted molar refractivity (Wildman–Crippen MR) is 97.0 cm³/mol. The SMILES string of the molecule is Cc1cc(CC(=O)c2ccc(C)c(C)c2)cc(-n2cnc(C)c2)c1. The second kappa shape index (κ2) is 6.44. The summed E-state index contributed by atoms with van der Waals surface area (Å²) in [7, 11) is 0. The van der Waals surface area contributed by atoms with E-state index in [9.17, 15) is 4.79 Å².